The Morgan fingerprint density at radius 2 is 1.71 bits per heavy atom. The molecule has 118 valence electrons. The van der Waals surface area contributed by atoms with Gasteiger partial charge in [0, 0.05) is 19.3 Å². The van der Waals surface area contributed by atoms with Crippen molar-refractivity contribution in [1.29, 1.82) is 0 Å². The fraction of sp³-hybridized carbons (Fsp3) is 0.688. The first-order chi connectivity index (χ1) is 9.88. The molecule has 1 aromatic heterocycles. The maximum atomic E-state index is 12.6. The van der Waals surface area contributed by atoms with E-state index in [0.717, 1.165) is 25.2 Å². The molecule has 2 fully saturated rings. The molecule has 0 spiro atoms. The van der Waals surface area contributed by atoms with Gasteiger partial charge in [-0.05, 0) is 29.7 Å². The highest BCUT2D eigenvalue weighted by Gasteiger charge is 2.56. The summed E-state index contributed by atoms with van der Waals surface area (Å²) in [6, 6.07) is 1.21. The fourth-order valence-electron chi connectivity index (χ4n) is 3.53. The van der Waals surface area contributed by atoms with E-state index in [-0.39, 0.29) is 0 Å². The summed E-state index contributed by atoms with van der Waals surface area (Å²) in [5, 5.41) is 0. The number of alkyl halides is 3. The lowest BCUT2D eigenvalue weighted by Gasteiger charge is -2.23. The molecule has 1 saturated heterocycles. The van der Waals surface area contributed by atoms with Gasteiger partial charge in [-0.15, -0.1) is 0 Å². The molecule has 0 amide bonds. The summed E-state index contributed by atoms with van der Waals surface area (Å²) in [6.07, 6.45) is -1.90. The van der Waals surface area contributed by atoms with Crippen molar-refractivity contribution in [3.63, 3.8) is 0 Å². The Balaban J connectivity index is 0.000000774. The average Bonchev–Trinajstić information content (AvgIpc) is 2.96. The Bertz CT molecular complexity index is 473. The van der Waals surface area contributed by atoms with Gasteiger partial charge in [0.1, 0.15) is 0 Å². The summed E-state index contributed by atoms with van der Waals surface area (Å²) in [5.74, 6) is 2.76. The van der Waals surface area contributed by atoms with E-state index in [4.69, 9.17) is 0 Å². The molecule has 21 heavy (non-hydrogen) atoms. The first-order valence-electron chi connectivity index (χ1n) is 7.65. The lowest BCUT2D eigenvalue weighted by atomic mass is 10.0. The standard InChI is InChI=1S/C14H17F3N2.C2H6/c1-8(2)13-11-6-19(7-12(11)13)10-3-9(4-18-5-10)14(15,16)17;1-2/h3-5,8,11-13H,6-7H2,1-2H3;1-2H3. The van der Waals surface area contributed by atoms with Crippen LogP contribution in [0.5, 0.6) is 0 Å². The fourth-order valence-corrected chi connectivity index (χ4v) is 3.53. The van der Waals surface area contributed by atoms with Crippen molar-refractivity contribution in [2.75, 3.05) is 18.0 Å². The summed E-state index contributed by atoms with van der Waals surface area (Å²) in [6.45, 7) is 10.2. The van der Waals surface area contributed by atoms with Crippen molar-refractivity contribution in [3.8, 4) is 0 Å². The van der Waals surface area contributed by atoms with Gasteiger partial charge in [0.25, 0.3) is 0 Å². The van der Waals surface area contributed by atoms with Crippen LogP contribution < -0.4 is 4.90 Å². The van der Waals surface area contributed by atoms with Crippen LogP contribution in [0.2, 0.25) is 0 Å². The summed E-state index contributed by atoms with van der Waals surface area (Å²) in [7, 11) is 0. The molecule has 0 N–H and O–H groups in total. The van der Waals surface area contributed by atoms with E-state index in [2.05, 4.69) is 18.8 Å². The number of aromatic nitrogens is 1. The first kappa shape index (κ1) is 16.1. The zero-order valence-electron chi connectivity index (χ0n) is 13.0. The Labute approximate surface area is 124 Å². The number of nitrogens with zero attached hydrogens (tertiary/aromatic N) is 2. The number of hydrogen-bond acceptors (Lipinski definition) is 2. The second-order valence-corrected chi connectivity index (χ2v) is 5.98. The topological polar surface area (TPSA) is 16.1 Å². The van der Waals surface area contributed by atoms with E-state index in [1.807, 2.05) is 18.7 Å². The minimum absolute atomic E-state index is 0.601. The van der Waals surface area contributed by atoms with Gasteiger partial charge >= 0.3 is 6.18 Å². The van der Waals surface area contributed by atoms with E-state index in [0.29, 0.717) is 23.4 Å². The molecule has 1 saturated carbocycles. The molecule has 2 atom stereocenters. The molecule has 2 nitrogen and oxygen atoms in total. The molecule has 2 heterocycles. The van der Waals surface area contributed by atoms with E-state index in [1.54, 1.807) is 0 Å². The molecule has 3 rings (SSSR count). The zero-order chi connectivity index (χ0) is 15.8. The van der Waals surface area contributed by atoms with Crippen LogP contribution in [0, 0.1) is 23.7 Å². The number of piperidine rings is 1. The van der Waals surface area contributed by atoms with Crippen LogP contribution in [-0.2, 0) is 6.18 Å². The lowest BCUT2D eigenvalue weighted by Crippen LogP contribution is -2.25. The Morgan fingerprint density at radius 1 is 1.14 bits per heavy atom. The minimum atomic E-state index is -4.31. The third-order valence-corrected chi connectivity index (χ3v) is 4.45. The first-order valence-corrected chi connectivity index (χ1v) is 7.65. The van der Waals surface area contributed by atoms with Crippen molar-refractivity contribution in [3.05, 3.63) is 24.0 Å². The third kappa shape index (κ3) is 3.16. The van der Waals surface area contributed by atoms with Gasteiger partial charge in [0.15, 0.2) is 0 Å². The Morgan fingerprint density at radius 3 is 2.19 bits per heavy atom. The lowest BCUT2D eigenvalue weighted by molar-refractivity contribution is -0.137. The van der Waals surface area contributed by atoms with Crippen molar-refractivity contribution in [2.24, 2.45) is 23.7 Å². The summed E-state index contributed by atoms with van der Waals surface area (Å²) < 4.78 is 37.9. The van der Waals surface area contributed by atoms with Crippen LogP contribution in [0.3, 0.4) is 0 Å². The predicted octanol–water partition coefficient (Wildman–Crippen LogP) is 4.46. The number of hydrogen-bond donors (Lipinski definition) is 0. The molecule has 0 aromatic carbocycles. The highest BCUT2D eigenvalue weighted by molar-refractivity contribution is 5.49. The molecule has 2 aliphatic rings. The van der Waals surface area contributed by atoms with Gasteiger partial charge in [-0.25, -0.2) is 0 Å². The van der Waals surface area contributed by atoms with Gasteiger partial charge in [-0.3, -0.25) is 4.98 Å². The average molecular weight is 300 g/mol. The molecular weight excluding hydrogens is 277 g/mol. The monoisotopic (exact) mass is 300 g/mol. The molecular formula is C16H23F3N2. The number of rotatable bonds is 2. The molecule has 0 bridgehead atoms. The molecule has 0 radical (unpaired) electrons. The van der Waals surface area contributed by atoms with Gasteiger partial charge in [0.05, 0.1) is 17.4 Å². The van der Waals surface area contributed by atoms with Crippen LogP contribution in [-0.4, -0.2) is 18.1 Å². The van der Waals surface area contributed by atoms with E-state index >= 15 is 0 Å². The maximum absolute atomic E-state index is 12.6. The highest BCUT2D eigenvalue weighted by Crippen LogP contribution is 2.56. The van der Waals surface area contributed by atoms with Crippen LogP contribution >= 0.6 is 0 Å². The maximum Gasteiger partial charge on any atom is 0.417 e. The summed E-state index contributed by atoms with van der Waals surface area (Å²) >= 11 is 0. The van der Waals surface area contributed by atoms with Crippen LogP contribution in [0.15, 0.2) is 18.5 Å². The zero-order valence-corrected chi connectivity index (χ0v) is 13.0. The van der Waals surface area contributed by atoms with Crippen molar-refractivity contribution in [1.82, 2.24) is 4.98 Å². The van der Waals surface area contributed by atoms with Crippen molar-refractivity contribution in [2.45, 2.75) is 33.9 Å². The molecule has 1 aromatic rings. The molecule has 1 aliphatic heterocycles. The largest absolute Gasteiger partial charge is 0.417 e. The second kappa shape index (κ2) is 5.85. The van der Waals surface area contributed by atoms with Crippen molar-refractivity contribution < 1.29 is 13.2 Å². The highest BCUT2D eigenvalue weighted by atomic mass is 19.4. The number of anilines is 1. The smallest absolute Gasteiger partial charge is 0.370 e. The second-order valence-electron chi connectivity index (χ2n) is 5.98. The van der Waals surface area contributed by atoms with E-state index < -0.39 is 11.7 Å². The van der Waals surface area contributed by atoms with Gasteiger partial charge < -0.3 is 4.90 Å². The van der Waals surface area contributed by atoms with Gasteiger partial charge in [-0.2, -0.15) is 13.2 Å². The number of pyridine rings is 1. The Kier molecular flexibility index (Phi) is 4.49. The van der Waals surface area contributed by atoms with Crippen LogP contribution in [0.1, 0.15) is 33.3 Å². The molecule has 2 unspecified atom stereocenters. The van der Waals surface area contributed by atoms with Crippen LogP contribution in [0.4, 0.5) is 18.9 Å². The summed E-state index contributed by atoms with van der Waals surface area (Å²) in [4.78, 5) is 5.77. The number of halogens is 3. The third-order valence-electron chi connectivity index (χ3n) is 4.45. The van der Waals surface area contributed by atoms with Crippen LogP contribution in [0.25, 0.3) is 0 Å². The molecule has 5 heteroatoms. The number of fused-ring (bicyclic) bond motifs is 1. The van der Waals surface area contributed by atoms with Gasteiger partial charge in [-0.1, -0.05) is 27.7 Å². The normalized spacial score (nSPS) is 27.2. The van der Waals surface area contributed by atoms with Crippen molar-refractivity contribution >= 4 is 5.69 Å². The predicted molar refractivity (Wildman–Crippen MR) is 78.1 cm³/mol. The van der Waals surface area contributed by atoms with E-state index in [9.17, 15) is 13.2 Å². The van der Waals surface area contributed by atoms with Gasteiger partial charge in [0.2, 0.25) is 0 Å². The SMILES string of the molecule is CC.CC(C)C1C2CN(c3cncc(C(F)(F)F)c3)CC21. The molecule has 1 aliphatic carbocycles. The Hall–Kier alpha value is -1.26. The minimum Gasteiger partial charge on any atom is -0.370 e. The quantitative estimate of drug-likeness (QED) is 0.801. The van der Waals surface area contributed by atoms with E-state index in [1.165, 1.54) is 12.3 Å². The summed E-state index contributed by atoms with van der Waals surface area (Å²) in [5.41, 5.74) is -0.0597.